The second-order valence-electron chi connectivity index (χ2n) is 9.66. The summed E-state index contributed by atoms with van der Waals surface area (Å²) in [4.78, 5) is 28.4. The molecule has 5 rings (SSSR count). The topological polar surface area (TPSA) is 69.3 Å². The summed E-state index contributed by atoms with van der Waals surface area (Å²) in [6.45, 7) is 5.38. The fraction of sp³-hybridized carbons (Fsp3) is 0.522. The number of benzene rings is 1. The van der Waals surface area contributed by atoms with E-state index in [1.165, 1.54) is 13.0 Å². The van der Waals surface area contributed by atoms with Crippen molar-refractivity contribution in [3.63, 3.8) is 0 Å². The molecule has 2 fully saturated rings. The lowest BCUT2D eigenvalue weighted by Gasteiger charge is -2.25. The summed E-state index contributed by atoms with van der Waals surface area (Å²) in [7, 11) is 0. The van der Waals surface area contributed by atoms with E-state index in [-0.39, 0.29) is 29.1 Å². The van der Waals surface area contributed by atoms with Crippen molar-refractivity contribution in [3.05, 3.63) is 52.3 Å². The van der Waals surface area contributed by atoms with Gasteiger partial charge in [0.05, 0.1) is 24.3 Å². The van der Waals surface area contributed by atoms with E-state index in [0.29, 0.717) is 50.3 Å². The largest absolute Gasteiger partial charge is 0.416 e. The number of carbonyl (C=O) groups excluding carboxylic acids is 2. The van der Waals surface area contributed by atoms with Crippen molar-refractivity contribution in [1.82, 2.24) is 20.0 Å². The monoisotopic (exact) mass is 446 g/mol. The fourth-order valence-corrected chi connectivity index (χ4v) is 5.89. The zero-order valence-electron chi connectivity index (χ0n) is 18.0. The molecule has 0 radical (unpaired) electrons. The van der Waals surface area contributed by atoms with Crippen molar-refractivity contribution >= 4 is 11.8 Å². The number of halogens is 3. The van der Waals surface area contributed by atoms with Crippen LogP contribution >= 0.6 is 0 Å². The van der Waals surface area contributed by atoms with Gasteiger partial charge in [0.15, 0.2) is 5.69 Å². The summed E-state index contributed by atoms with van der Waals surface area (Å²) >= 11 is 0. The smallest absolute Gasteiger partial charge is 0.336 e. The van der Waals surface area contributed by atoms with Gasteiger partial charge in [-0.25, -0.2) is 0 Å². The van der Waals surface area contributed by atoms with Crippen LogP contribution in [-0.4, -0.2) is 44.9 Å². The quantitative estimate of drug-likeness (QED) is 0.760. The number of alkyl halides is 3. The van der Waals surface area contributed by atoms with Gasteiger partial charge in [-0.1, -0.05) is 25.1 Å². The van der Waals surface area contributed by atoms with Crippen molar-refractivity contribution in [2.45, 2.75) is 51.9 Å². The Morgan fingerprint density at radius 3 is 2.62 bits per heavy atom. The number of likely N-dealkylation sites (tertiary alicyclic amines) is 1. The fourth-order valence-electron chi connectivity index (χ4n) is 5.89. The van der Waals surface area contributed by atoms with Crippen LogP contribution in [0.2, 0.25) is 0 Å². The minimum Gasteiger partial charge on any atom is -0.336 e. The minimum absolute atomic E-state index is 0.0543. The van der Waals surface area contributed by atoms with Gasteiger partial charge in [-0.3, -0.25) is 14.7 Å². The Balaban J connectivity index is 1.32. The molecule has 6 nitrogen and oxygen atoms in total. The maximum atomic E-state index is 13.5. The summed E-state index contributed by atoms with van der Waals surface area (Å²) in [6.07, 6.45) is -3.12. The van der Waals surface area contributed by atoms with Gasteiger partial charge in [-0.15, -0.1) is 0 Å². The molecule has 1 aromatic carbocycles. The van der Waals surface area contributed by atoms with Crippen LogP contribution < -0.4 is 0 Å². The van der Waals surface area contributed by atoms with Crippen LogP contribution in [0.1, 0.15) is 65.5 Å². The molecular weight excluding hydrogens is 421 g/mol. The Morgan fingerprint density at radius 2 is 1.94 bits per heavy atom. The average molecular weight is 446 g/mol. The van der Waals surface area contributed by atoms with Gasteiger partial charge in [0.2, 0.25) is 5.91 Å². The minimum atomic E-state index is -4.37. The molecule has 2 aliphatic heterocycles. The van der Waals surface area contributed by atoms with Crippen molar-refractivity contribution < 1.29 is 22.8 Å². The van der Waals surface area contributed by atoms with Gasteiger partial charge in [-0.2, -0.15) is 18.3 Å². The molecule has 170 valence electrons. The molecule has 1 N–H and O–H groups in total. The Morgan fingerprint density at radius 1 is 1.19 bits per heavy atom. The number of rotatable bonds is 2. The maximum Gasteiger partial charge on any atom is 0.416 e. The van der Waals surface area contributed by atoms with Gasteiger partial charge >= 0.3 is 6.18 Å². The molecule has 0 unspecified atom stereocenters. The van der Waals surface area contributed by atoms with E-state index in [0.717, 1.165) is 17.3 Å². The highest BCUT2D eigenvalue weighted by Crippen LogP contribution is 2.55. The summed E-state index contributed by atoms with van der Waals surface area (Å²) in [5.74, 6) is -0.255. The summed E-state index contributed by atoms with van der Waals surface area (Å²) in [6, 6.07) is 5.85. The van der Waals surface area contributed by atoms with Gasteiger partial charge in [0, 0.05) is 25.6 Å². The molecule has 1 saturated heterocycles. The zero-order valence-corrected chi connectivity index (χ0v) is 18.0. The highest BCUT2D eigenvalue weighted by atomic mass is 19.4. The van der Waals surface area contributed by atoms with Crippen molar-refractivity contribution in [2.24, 2.45) is 11.3 Å². The molecule has 3 aliphatic rings. The van der Waals surface area contributed by atoms with Gasteiger partial charge in [0.25, 0.3) is 5.91 Å². The Labute approximate surface area is 183 Å². The first-order valence-corrected chi connectivity index (χ1v) is 10.8. The van der Waals surface area contributed by atoms with E-state index in [1.807, 2.05) is 0 Å². The first-order chi connectivity index (χ1) is 15.1. The Bertz CT molecular complexity index is 1100. The molecule has 2 aromatic rings. The van der Waals surface area contributed by atoms with E-state index >= 15 is 0 Å². The Hall–Kier alpha value is -2.84. The van der Waals surface area contributed by atoms with Crippen LogP contribution in [0.25, 0.3) is 0 Å². The molecule has 0 bridgehead atoms. The normalized spacial score (nSPS) is 27.0. The van der Waals surface area contributed by atoms with Crippen LogP contribution in [0.3, 0.4) is 0 Å². The zero-order chi connectivity index (χ0) is 22.8. The van der Waals surface area contributed by atoms with Crippen LogP contribution in [-0.2, 0) is 24.1 Å². The van der Waals surface area contributed by atoms with Crippen LogP contribution in [0, 0.1) is 11.3 Å². The Kier molecular flexibility index (Phi) is 4.65. The molecule has 3 atom stereocenters. The molecule has 2 amide bonds. The lowest BCUT2D eigenvalue weighted by Crippen LogP contribution is -2.32. The SMILES string of the molecule is CC(=O)N1Cc2[nH]nc(C(=O)N3C[C@@H]4C[C@H](c5ccccc5C(F)(F)F)C[C@]4(C)C3)c2C1. The van der Waals surface area contributed by atoms with E-state index < -0.39 is 11.7 Å². The predicted octanol–water partition coefficient (Wildman–Crippen LogP) is 3.95. The maximum absolute atomic E-state index is 13.5. The lowest BCUT2D eigenvalue weighted by atomic mass is 9.82. The third kappa shape index (κ3) is 3.29. The average Bonchev–Trinajstić information content (AvgIpc) is 3.44. The van der Waals surface area contributed by atoms with Crippen LogP contribution in [0.4, 0.5) is 13.2 Å². The summed E-state index contributed by atoms with van der Waals surface area (Å²) < 4.78 is 40.5. The number of hydrogen-bond acceptors (Lipinski definition) is 3. The predicted molar refractivity (Wildman–Crippen MR) is 109 cm³/mol. The van der Waals surface area contributed by atoms with Crippen molar-refractivity contribution in [1.29, 1.82) is 0 Å². The molecule has 3 heterocycles. The van der Waals surface area contributed by atoms with Crippen LogP contribution in [0.15, 0.2) is 24.3 Å². The summed E-state index contributed by atoms with van der Waals surface area (Å²) in [5, 5.41) is 7.10. The number of amides is 2. The number of aromatic amines is 1. The molecule has 1 aliphatic carbocycles. The number of nitrogens with zero attached hydrogens (tertiary/aromatic N) is 3. The van der Waals surface area contributed by atoms with Crippen molar-refractivity contribution in [3.8, 4) is 0 Å². The number of H-pyrrole nitrogens is 1. The molecule has 32 heavy (non-hydrogen) atoms. The number of aromatic nitrogens is 2. The van der Waals surface area contributed by atoms with Crippen molar-refractivity contribution in [2.75, 3.05) is 13.1 Å². The van der Waals surface area contributed by atoms with Gasteiger partial charge < -0.3 is 9.80 Å². The summed E-state index contributed by atoms with van der Waals surface area (Å²) in [5.41, 5.74) is 1.49. The number of fused-ring (bicyclic) bond motifs is 2. The molecule has 1 saturated carbocycles. The van der Waals surface area contributed by atoms with E-state index in [9.17, 15) is 22.8 Å². The van der Waals surface area contributed by atoms with E-state index in [1.54, 1.807) is 21.9 Å². The lowest BCUT2D eigenvalue weighted by molar-refractivity contribution is -0.138. The van der Waals surface area contributed by atoms with E-state index in [4.69, 9.17) is 0 Å². The first-order valence-electron chi connectivity index (χ1n) is 10.8. The highest BCUT2D eigenvalue weighted by molar-refractivity contribution is 5.94. The first kappa shape index (κ1) is 21.0. The van der Waals surface area contributed by atoms with Gasteiger partial charge in [0.1, 0.15) is 0 Å². The second kappa shape index (κ2) is 7.08. The van der Waals surface area contributed by atoms with E-state index in [2.05, 4.69) is 17.1 Å². The third-order valence-corrected chi connectivity index (χ3v) is 7.55. The molecule has 9 heteroatoms. The molecular formula is C23H25F3N4O2. The number of hydrogen-bond donors (Lipinski definition) is 1. The van der Waals surface area contributed by atoms with Crippen LogP contribution in [0.5, 0.6) is 0 Å². The van der Waals surface area contributed by atoms with Gasteiger partial charge in [-0.05, 0) is 41.7 Å². The highest BCUT2D eigenvalue weighted by Gasteiger charge is 2.52. The second-order valence-corrected chi connectivity index (χ2v) is 9.66. The third-order valence-electron chi connectivity index (χ3n) is 7.55. The number of carbonyl (C=O) groups is 2. The number of nitrogens with one attached hydrogen (secondary N) is 1. The standard InChI is InChI=1S/C23H25F3N4O2/c1-13(31)29-10-17-19(11-29)27-28-20(17)21(32)30-9-15-7-14(8-22(15,2)12-30)16-5-3-4-6-18(16)23(24,25)26/h3-6,14-15H,7-12H2,1-2H3,(H,27,28)/t14-,15-,22+/m0/s1. The molecule has 0 spiro atoms. The molecule has 1 aromatic heterocycles.